The lowest BCUT2D eigenvalue weighted by Gasteiger charge is -2.45. The van der Waals surface area contributed by atoms with Crippen molar-refractivity contribution in [3.63, 3.8) is 0 Å². The van der Waals surface area contributed by atoms with E-state index in [4.69, 9.17) is 5.73 Å². The van der Waals surface area contributed by atoms with Crippen LogP contribution in [0.4, 0.5) is 0 Å². The first-order chi connectivity index (χ1) is 7.93. The van der Waals surface area contributed by atoms with Crippen LogP contribution in [-0.2, 0) is 4.79 Å². The van der Waals surface area contributed by atoms with Crippen molar-refractivity contribution in [2.45, 2.75) is 45.7 Å². The van der Waals surface area contributed by atoms with Crippen molar-refractivity contribution in [3.05, 3.63) is 0 Å². The summed E-state index contributed by atoms with van der Waals surface area (Å²) in [6, 6.07) is 0.855. The maximum absolute atomic E-state index is 11.6. The molecule has 2 N–H and O–H groups in total. The molecule has 4 nitrogen and oxygen atoms in total. The first kappa shape index (κ1) is 12.8. The Labute approximate surface area is 104 Å². The number of nitrogens with two attached hydrogens (primary N) is 1. The topological polar surface area (TPSA) is 49.6 Å². The summed E-state index contributed by atoms with van der Waals surface area (Å²) < 4.78 is 0. The predicted octanol–water partition coefficient (Wildman–Crippen LogP) is 0.666. The van der Waals surface area contributed by atoms with Crippen molar-refractivity contribution in [2.75, 3.05) is 26.2 Å². The van der Waals surface area contributed by atoms with Gasteiger partial charge >= 0.3 is 0 Å². The lowest BCUT2D eigenvalue weighted by Crippen LogP contribution is -2.59. The van der Waals surface area contributed by atoms with Gasteiger partial charge in [-0.05, 0) is 11.8 Å². The molecule has 0 spiro atoms. The van der Waals surface area contributed by atoms with Crippen molar-refractivity contribution < 1.29 is 4.79 Å². The van der Waals surface area contributed by atoms with E-state index in [1.165, 1.54) is 0 Å². The normalized spacial score (nSPS) is 28.4. The number of carbonyl (C=O) groups excluding carboxylic acids is 1. The minimum absolute atomic E-state index is 0.208. The van der Waals surface area contributed by atoms with E-state index in [0.717, 1.165) is 32.5 Å². The van der Waals surface area contributed by atoms with E-state index in [1.807, 2.05) is 0 Å². The maximum atomic E-state index is 11.6. The average Bonchev–Trinajstić information content (AvgIpc) is 2.59. The van der Waals surface area contributed by atoms with Crippen LogP contribution in [0.15, 0.2) is 0 Å². The Balaban J connectivity index is 2.03. The lowest BCUT2D eigenvalue weighted by molar-refractivity contribution is -0.131. The second kappa shape index (κ2) is 4.58. The fourth-order valence-electron chi connectivity index (χ4n) is 3.22. The van der Waals surface area contributed by atoms with Gasteiger partial charge in [0, 0.05) is 44.7 Å². The predicted molar refractivity (Wildman–Crippen MR) is 68.6 cm³/mol. The second-order valence-electron chi connectivity index (χ2n) is 6.39. The molecular weight excluding hydrogens is 214 g/mol. The van der Waals surface area contributed by atoms with Crippen LogP contribution in [0.2, 0.25) is 0 Å². The van der Waals surface area contributed by atoms with E-state index < -0.39 is 0 Å². The molecule has 2 unspecified atom stereocenters. The van der Waals surface area contributed by atoms with Gasteiger partial charge in [-0.1, -0.05) is 20.8 Å². The van der Waals surface area contributed by atoms with Crippen LogP contribution in [0, 0.1) is 5.41 Å². The molecule has 17 heavy (non-hydrogen) atoms. The Morgan fingerprint density at radius 3 is 2.71 bits per heavy atom. The van der Waals surface area contributed by atoms with Crippen molar-refractivity contribution in [3.8, 4) is 0 Å². The highest BCUT2D eigenvalue weighted by Crippen LogP contribution is 2.29. The molecule has 0 aromatic carbocycles. The third kappa shape index (κ3) is 2.47. The summed E-state index contributed by atoms with van der Waals surface area (Å²) in [6.45, 7) is 10.3. The Hall–Kier alpha value is -0.610. The monoisotopic (exact) mass is 239 g/mol. The Morgan fingerprint density at radius 1 is 1.41 bits per heavy atom. The van der Waals surface area contributed by atoms with E-state index in [0.29, 0.717) is 24.5 Å². The van der Waals surface area contributed by atoms with E-state index in [1.54, 1.807) is 0 Å². The summed E-state index contributed by atoms with van der Waals surface area (Å²) >= 11 is 0. The highest BCUT2D eigenvalue weighted by atomic mass is 16.2. The Kier molecular flexibility index (Phi) is 3.46. The van der Waals surface area contributed by atoms with Gasteiger partial charge in [-0.25, -0.2) is 0 Å². The molecule has 2 heterocycles. The minimum Gasteiger partial charge on any atom is -0.337 e. The molecule has 4 heteroatoms. The van der Waals surface area contributed by atoms with Gasteiger partial charge in [0.05, 0.1) is 0 Å². The smallest absolute Gasteiger partial charge is 0.222 e. The van der Waals surface area contributed by atoms with Gasteiger partial charge < -0.3 is 10.6 Å². The molecule has 1 amide bonds. The molecule has 2 rings (SSSR count). The molecule has 0 saturated carbocycles. The molecular formula is C13H25N3O. The number of carbonyl (C=O) groups is 1. The average molecular weight is 239 g/mol. The van der Waals surface area contributed by atoms with E-state index in [2.05, 4.69) is 30.6 Å². The van der Waals surface area contributed by atoms with E-state index in [9.17, 15) is 4.79 Å². The zero-order chi connectivity index (χ0) is 12.6. The first-order valence-corrected chi connectivity index (χ1v) is 6.67. The van der Waals surface area contributed by atoms with E-state index in [-0.39, 0.29) is 5.41 Å². The summed E-state index contributed by atoms with van der Waals surface area (Å²) in [4.78, 5) is 16.2. The number of rotatable bonds is 2. The summed E-state index contributed by atoms with van der Waals surface area (Å²) in [6.07, 6.45) is 1.76. The Morgan fingerprint density at radius 2 is 2.12 bits per heavy atom. The Bertz CT molecular complexity index is 298. The van der Waals surface area contributed by atoms with Crippen LogP contribution >= 0.6 is 0 Å². The molecule has 98 valence electrons. The van der Waals surface area contributed by atoms with Gasteiger partial charge in [0.2, 0.25) is 5.91 Å². The molecule has 2 atom stereocenters. The van der Waals surface area contributed by atoms with E-state index >= 15 is 0 Å². The lowest BCUT2D eigenvalue weighted by atomic mass is 9.85. The van der Waals surface area contributed by atoms with Gasteiger partial charge in [0.1, 0.15) is 0 Å². The quantitative estimate of drug-likeness (QED) is 0.770. The van der Waals surface area contributed by atoms with Crippen LogP contribution in [0.25, 0.3) is 0 Å². The van der Waals surface area contributed by atoms with Gasteiger partial charge in [0.15, 0.2) is 0 Å². The van der Waals surface area contributed by atoms with Gasteiger partial charge in [-0.3, -0.25) is 9.69 Å². The molecule has 0 aliphatic carbocycles. The van der Waals surface area contributed by atoms with Crippen LogP contribution in [0.3, 0.4) is 0 Å². The fourth-order valence-corrected chi connectivity index (χ4v) is 3.22. The molecule has 2 saturated heterocycles. The zero-order valence-electron chi connectivity index (χ0n) is 11.3. The number of amides is 1. The molecule has 2 fully saturated rings. The number of hydrogen-bond acceptors (Lipinski definition) is 3. The number of piperazine rings is 1. The highest BCUT2D eigenvalue weighted by molar-refractivity contribution is 5.78. The molecule has 2 aliphatic heterocycles. The summed E-state index contributed by atoms with van der Waals surface area (Å²) in [7, 11) is 0. The van der Waals surface area contributed by atoms with Crippen LogP contribution in [0.1, 0.15) is 33.6 Å². The molecule has 0 bridgehead atoms. The largest absolute Gasteiger partial charge is 0.337 e. The number of fused-ring (bicyclic) bond motifs is 1. The van der Waals surface area contributed by atoms with Crippen LogP contribution in [0.5, 0.6) is 0 Å². The zero-order valence-corrected chi connectivity index (χ0v) is 11.3. The molecule has 2 aliphatic rings. The molecule has 0 radical (unpaired) electrons. The third-order valence-corrected chi connectivity index (χ3v) is 4.19. The second-order valence-corrected chi connectivity index (χ2v) is 6.39. The summed E-state index contributed by atoms with van der Waals surface area (Å²) in [5.74, 6) is 0.342. The summed E-state index contributed by atoms with van der Waals surface area (Å²) in [5, 5.41) is 0. The number of nitrogens with zero attached hydrogens (tertiary/aromatic N) is 2. The van der Waals surface area contributed by atoms with Gasteiger partial charge in [-0.15, -0.1) is 0 Å². The van der Waals surface area contributed by atoms with Crippen molar-refractivity contribution in [1.29, 1.82) is 0 Å². The standard InChI is InChI=1S/C13H25N3O/c1-13(2,3)11(8-14)15-6-7-16-10(9-15)4-5-12(16)17/h10-11H,4-9,14H2,1-3H3. The van der Waals surface area contributed by atoms with Crippen molar-refractivity contribution in [2.24, 2.45) is 11.1 Å². The number of hydrogen-bond donors (Lipinski definition) is 1. The maximum Gasteiger partial charge on any atom is 0.222 e. The van der Waals surface area contributed by atoms with Gasteiger partial charge in [-0.2, -0.15) is 0 Å². The first-order valence-electron chi connectivity index (χ1n) is 6.67. The van der Waals surface area contributed by atoms with Crippen LogP contribution < -0.4 is 5.73 Å². The van der Waals surface area contributed by atoms with Crippen molar-refractivity contribution in [1.82, 2.24) is 9.80 Å². The minimum atomic E-state index is 0.208. The fraction of sp³-hybridized carbons (Fsp3) is 0.923. The van der Waals surface area contributed by atoms with Crippen molar-refractivity contribution >= 4 is 5.91 Å². The van der Waals surface area contributed by atoms with Crippen LogP contribution in [-0.4, -0.2) is 54.0 Å². The van der Waals surface area contributed by atoms with Gasteiger partial charge in [0.25, 0.3) is 0 Å². The molecule has 0 aromatic rings. The SMILES string of the molecule is CC(C)(C)C(CN)N1CCN2C(=O)CCC2C1. The molecule has 0 aromatic heterocycles. The summed E-state index contributed by atoms with van der Waals surface area (Å²) in [5.41, 5.74) is 6.14. The highest BCUT2D eigenvalue weighted by Gasteiger charge is 2.39. The third-order valence-electron chi connectivity index (χ3n) is 4.19.